The van der Waals surface area contributed by atoms with Crippen LogP contribution in [0.3, 0.4) is 0 Å². The molecule has 0 saturated carbocycles. The minimum atomic E-state index is -3.47. The number of benzene rings is 2. The third-order valence-electron chi connectivity index (χ3n) is 4.35. The van der Waals surface area contributed by atoms with Crippen LogP contribution in [0.4, 0.5) is 0 Å². The van der Waals surface area contributed by atoms with Crippen molar-refractivity contribution in [3.8, 4) is 0 Å². The summed E-state index contributed by atoms with van der Waals surface area (Å²) in [6, 6.07) is 16.2. The van der Waals surface area contributed by atoms with Crippen molar-refractivity contribution in [2.75, 3.05) is 6.54 Å². The number of aromatic nitrogens is 2. The van der Waals surface area contributed by atoms with Crippen molar-refractivity contribution in [1.82, 2.24) is 19.8 Å². The van der Waals surface area contributed by atoms with E-state index in [-0.39, 0.29) is 10.8 Å². The summed E-state index contributed by atoms with van der Waals surface area (Å²) in [5.41, 5.74) is 2.87. The molecule has 0 spiro atoms. The van der Waals surface area contributed by atoms with Gasteiger partial charge in [0.05, 0.1) is 11.4 Å². The lowest BCUT2D eigenvalue weighted by molar-refractivity contribution is -0.116. The number of sulfonamides is 1. The molecular formula is C22H24N4O3S. The van der Waals surface area contributed by atoms with Crippen LogP contribution in [0, 0.1) is 0 Å². The summed E-state index contributed by atoms with van der Waals surface area (Å²) < 4.78 is 28.2. The molecule has 30 heavy (non-hydrogen) atoms. The highest BCUT2D eigenvalue weighted by Crippen LogP contribution is 2.11. The van der Waals surface area contributed by atoms with E-state index in [0.717, 1.165) is 16.7 Å². The lowest BCUT2D eigenvalue weighted by atomic mass is 10.1. The summed E-state index contributed by atoms with van der Waals surface area (Å²) >= 11 is 0. The molecule has 0 aliphatic rings. The van der Waals surface area contributed by atoms with Crippen LogP contribution in [-0.4, -0.2) is 30.7 Å². The van der Waals surface area contributed by atoms with Crippen molar-refractivity contribution < 1.29 is 13.2 Å². The number of carbonyl (C=O) groups is 1. The fourth-order valence-corrected chi connectivity index (χ4v) is 3.84. The quantitative estimate of drug-likeness (QED) is 0.516. The second kappa shape index (κ2) is 10.00. The first-order valence-electron chi connectivity index (χ1n) is 9.57. The highest BCUT2D eigenvalue weighted by molar-refractivity contribution is 7.89. The van der Waals surface area contributed by atoms with E-state index in [9.17, 15) is 13.2 Å². The maximum Gasteiger partial charge on any atom is 0.244 e. The molecule has 1 amide bonds. The lowest BCUT2D eigenvalue weighted by Gasteiger charge is -2.06. The molecule has 0 aliphatic carbocycles. The van der Waals surface area contributed by atoms with Crippen molar-refractivity contribution in [2.24, 2.45) is 0 Å². The average molecular weight is 425 g/mol. The Morgan fingerprint density at radius 2 is 1.77 bits per heavy atom. The molecule has 2 aromatic carbocycles. The van der Waals surface area contributed by atoms with Gasteiger partial charge in [-0.2, -0.15) is 5.10 Å². The molecule has 3 rings (SSSR count). The van der Waals surface area contributed by atoms with Gasteiger partial charge in [0.25, 0.3) is 0 Å². The van der Waals surface area contributed by atoms with Gasteiger partial charge in [-0.15, -0.1) is 0 Å². The molecule has 0 radical (unpaired) electrons. The third-order valence-corrected chi connectivity index (χ3v) is 5.91. The molecule has 0 saturated heterocycles. The normalized spacial score (nSPS) is 11.6. The van der Waals surface area contributed by atoms with Crippen LogP contribution >= 0.6 is 0 Å². The van der Waals surface area contributed by atoms with Crippen molar-refractivity contribution in [3.63, 3.8) is 0 Å². The number of hydrogen-bond acceptors (Lipinski definition) is 4. The molecule has 0 fully saturated rings. The van der Waals surface area contributed by atoms with Gasteiger partial charge in [-0.3, -0.25) is 9.48 Å². The first-order chi connectivity index (χ1) is 14.5. The molecule has 0 atom stereocenters. The number of rotatable bonds is 9. The molecular weight excluding hydrogens is 400 g/mol. The molecule has 156 valence electrons. The van der Waals surface area contributed by atoms with E-state index >= 15 is 0 Å². The number of nitrogens with zero attached hydrogens (tertiary/aromatic N) is 2. The van der Waals surface area contributed by atoms with E-state index in [1.807, 2.05) is 41.2 Å². The van der Waals surface area contributed by atoms with Crippen molar-refractivity contribution in [3.05, 3.63) is 89.8 Å². The minimum absolute atomic E-state index is 0.196. The predicted octanol–water partition coefficient (Wildman–Crippen LogP) is 2.56. The minimum Gasteiger partial charge on any atom is -0.348 e. The van der Waals surface area contributed by atoms with Crippen LogP contribution < -0.4 is 10.0 Å². The Hall–Kier alpha value is -3.23. The average Bonchev–Trinajstić information content (AvgIpc) is 3.25. The summed E-state index contributed by atoms with van der Waals surface area (Å²) in [6.45, 7) is 3.18. The number of carbonyl (C=O) groups excluding carboxylic acids is 1. The van der Waals surface area contributed by atoms with Gasteiger partial charge < -0.3 is 5.32 Å². The Bertz CT molecular complexity index is 1090. The lowest BCUT2D eigenvalue weighted by Crippen LogP contribution is -2.23. The molecule has 3 aromatic rings. The molecule has 0 unspecified atom stereocenters. The highest BCUT2D eigenvalue weighted by Gasteiger charge is 2.11. The van der Waals surface area contributed by atoms with Crippen molar-refractivity contribution >= 4 is 22.0 Å². The summed E-state index contributed by atoms with van der Waals surface area (Å²) in [6.07, 6.45) is 6.73. The Labute approximate surface area is 176 Å². The van der Waals surface area contributed by atoms with Crippen LogP contribution in [-0.2, 0) is 27.9 Å². The predicted molar refractivity (Wildman–Crippen MR) is 116 cm³/mol. The summed E-state index contributed by atoms with van der Waals surface area (Å²) in [4.78, 5) is 12.3. The summed E-state index contributed by atoms with van der Waals surface area (Å²) in [7, 11) is -3.47. The second-order valence-corrected chi connectivity index (χ2v) is 8.41. The van der Waals surface area contributed by atoms with E-state index in [1.54, 1.807) is 31.3 Å². The van der Waals surface area contributed by atoms with Gasteiger partial charge in [0.1, 0.15) is 0 Å². The largest absolute Gasteiger partial charge is 0.348 e. The molecule has 8 heteroatoms. The van der Waals surface area contributed by atoms with E-state index in [2.05, 4.69) is 15.1 Å². The Morgan fingerprint density at radius 1 is 1.07 bits per heavy atom. The zero-order chi connectivity index (χ0) is 21.4. The molecule has 1 heterocycles. The van der Waals surface area contributed by atoms with E-state index in [4.69, 9.17) is 0 Å². The van der Waals surface area contributed by atoms with Crippen molar-refractivity contribution in [2.45, 2.75) is 24.9 Å². The fourth-order valence-electron chi connectivity index (χ4n) is 2.80. The van der Waals surface area contributed by atoms with Crippen LogP contribution in [0.15, 0.2) is 78.0 Å². The second-order valence-electron chi connectivity index (χ2n) is 6.64. The first-order valence-corrected chi connectivity index (χ1v) is 11.1. The van der Waals surface area contributed by atoms with Gasteiger partial charge in [-0.1, -0.05) is 43.3 Å². The number of nitrogens with one attached hydrogen (secondary N) is 2. The molecule has 0 bridgehead atoms. The molecule has 2 N–H and O–H groups in total. The SMILES string of the molecule is CCNS(=O)(=O)c1ccc(/C=C/C(=O)NCc2ccc(Cn3cccn3)cc2)cc1. The maximum atomic E-state index is 12.1. The van der Waals surface area contributed by atoms with Gasteiger partial charge in [-0.05, 0) is 41.0 Å². The topological polar surface area (TPSA) is 93.1 Å². The Balaban J connectivity index is 1.50. The van der Waals surface area contributed by atoms with Gasteiger partial charge in [-0.25, -0.2) is 13.1 Å². The van der Waals surface area contributed by atoms with Crippen LogP contribution in [0.5, 0.6) is 0 Å². The molecule has 7 nitrogen and oxygen atoms in total. The standard InChI is InChI=1S/C22H24N4O3S/c1-2-25-30(28,29)21-11-8-18(9-12-21)10-13-22(27)23-16-19-4-6-20(7-5-19)17-26-15-3-14-24-26/h3-15,25H,2,16-17H2,1H3,(H,23,27)/b13-10+. The monoisotopic (exact) mass is 424 g/mol. The van der Waals surface area contributed by atoms with Crippen molar-refractivity contribution in [1.29, 1.82) is 0 Å². The highest BCUT2D eigenvalue weighted by atomic mass is 32.2. The number of hydrogen-bond donors (Lipinski definition) is 2. The smallest absolute Gasteiger partial charge is 0.244 e. The van der Waals surface area contributed by atoms with Gasteiger partial charge in [0.2, 0.25) is 15.9 Å². The van der Waals surface area contributed by atoms with Crippen LogP contribution in [0.1, 0.15) is 23.6 Å². The zero-order valence-corrected chi connectivity index (χ0v) is 17.5. The third kappa shape index (κ3) is 6.13. The molecule has 0 aliphatic heterocycles. The Morgan fingerprint density at radius 3 is 2.40 bits per heavy atom. The van der Waals surface area contributed by atoms with E-state index < -0.39 is 10.0 Å². The van der Waals surface area contributed by atoms with Gasteiger partial charge in [0.15, 0.2) is 0 Å². The summed E-state index contributed by atoms with van der Waals surface area (Å²) in [5.74, 6) is -0.222. The molecule has 1 aromatic heterocycles. The number of amides is 1. The summed E-state index contributed by atoms with van der Waals surface area (Å²) in [5, 5.41) is 7.02. The first kappa shape index (κ1) is 21.5. The van der Waals surface area contributed by atoms with Gasteiger partial charge >= 0.3 is 0 Å². The maximum absolute atomic E-state index is 12.1. The fraction of sp³-hybridized carbons (Fsp3) is 0.182. The van der Waals surface area contributed by atoms with Gasteiger partial charge in [0, 0.05) is 31.6 Å². The van der Waals surface area contributed by atoms with E-state index in [1.165, 1.54) is 18.2 Å². The van der Waals surface area contributed by atoms with Crippen LogP contribution in [0.25, 0.3) is 6.08 Å². The van der Waals surface area contributed by atoms with Crippen LogP contribution in [0.2, 0.25) is 0 Å². The Kier molecular flexibility index (Phi) is 7.16. The van der Waals surface area contributed by atoms with E-state index in [0.29, 0.717) is 19.6 Å². The zero-order valence-electron chi connectivity index (χ0n) is 16.7.